The second kappa shape index (κ2) is 2.82. The minimum absolute atomic E-state index is 0.0937. The van der Waals surface area contributed by atoms with E-state index >= 15 is 0 Å². The topological polar surface area (TPSA) is 0 Å². The molecule has 0 aromatic heterocycles. The molecule has 0 aliphatic heterocycles. The Hall–Kier alpha value is -0.850. The van der Waals surface area contributed by atoms with E-state index in [4.69, 9.17) is 0 Å². The normalized spacial score (nSPS) is 31.8. The van der Waals surface area contributed by atoms with Gasteiger partial charge in [-0.25, -0.2) is 4.39 Å². The molecule has 0 nitrogen and oxygen atoms in total. The first-order valence-electron chi connectivity index (χ1n) is 3.39. The largest absolute Gasteiger partial charge is 0.216 e. The quantitative estimate of drug-likeness (QED) is 0.522. The van der Waals surface area contributed by atoms with Crippen molar-refractivity contribution in [3.8, 4) is 0 Å². The third-order valence-corrected chi connectivity index (χ3v) is 1.73. The van der Waals surface area contributed by atoms with Gasteiger partial charge in [0, 0.05) is 5.41 Å². The molecule has 0 fully saturated rings. The second-order valence-electron chi connectivity index (χ2n) is 2.79. The summed E-state index contributed by atoms with van der Waals surface area (Å²) >= 11 is 0. The van der Waals surface area contributed by atoms with Gasteiger partial charge in [-0.1, -0.05) is 31.2 Å². The summed E-state index contributed by atoms with van der Waals surface area (Å²) in [4.78, 5) is 0. The standard InChI is InChI=1S/C9H11F/c1-9(7-8-10)5-3-2-4-6-9/h2-5,7-8H,6H2,1H3. The van der Waals surface area contributed by atoms with E-state index in [1.165, 1.54) is 0 Å². The number of allylic oxidation sites excluding steroid dienone is 5. The molecule has 1 aliphatic carbocycles. The molecule has 1 heteroatoms. The Labute approximate surface area is 60.7 Å². The van der Waals surface area contributed by atoms with Crippen molar-refractivity contribution in [3.05, 3.63) is 36.7 Å². The summed E-state index contributed by atoms with van der Waals surface area (Å²) in [6.07, 6.45) is 11.1. The van der Waals surface area contributed by atoms with Gasteiger partial charge in [-0.2, -0.15) is 0 Å². The zero-order valence-electron chi connectivity index (χ0n) is 6.05. The Morgan fingerprint density at radius 1 is 1.50 bits per heavy atom. The summed E-state index contributed by atoms with van der Waals surface area (Å²) in [6.45, 7) is 2.00. The average molecular weight is 138 g/mol. The van der Waals surface area contributed by atoms with Gasteiger partial charge >= 0.3 is 0 Å². The number of hydrogen-bond donors (Lipinski definition) is 0. The van der Waals surface area contributed by atoms with E-state index in [1.54, 1.807) is 6.08 Å². The average Bonchev–Trinajstić information content (AvgIpc) is 1.89. The van der Waals surface area contributed by atoms with Gasteiger partial charge in [0.25, 0.3) is 0 Å². The Kier molecular flexibility index (Phi) is 2.05. The fraction of sp³-hybridized carbons (Fsp3) is 0.333. The van der Waals surface area contributed by atoms with Gasteiger partial charge in [0.15, 0.2) is 0 Å². The first-order chi connectivity index (χ1) is 4.77. The van der Waals surface area contributed by atoms with Crippen molar-refractivity contribution in [1.82, 2.24) is 0 Å². The molecule has 1 aliphatic rings. The molecule has 0 bridgehead atoms. The Morgan fingerprint density at radius 2 is 2.30 bits per heavy atom. The van der Waals surface area contributed by atoms with Crippen molar-refractivity contribution >= 4 is 0 Å². The van der Waals surface area contributed by atoms with Crippen LogP contribution in [0.1, 0.15) is 13.3 Å². The van der Waals surface area contributed by atoms with Crippen molar-refractivity contribution in [2.24, 2.45) is 5.41 Å². The monoisotopic (exact) mass is 138 g/mol. The molecule has 10 heavy (non-hydrogen) atoms. The van der Waals surface area contributed by atoms with Crippen LogP contribution in [0.5, 0.6) is 0 Å². The van der Waals surface area contributed by atoms with Crippen LogP contribution < -0.4 is 0 Å². The lowest BCUT2D eigenvalue weighted by molar-refractivity contribution is 0.541. The lowest BCUT2D eigenvalue weighted by Crippen LogP contribution is -2.09. The van der Waals surface area contributed by atoms with Crippen LogP contribution in [0, 0.1) is 5.41 Å². The van der Waals surface area contributed by atoms with Gasteiger partial charge in [0.1, 0.15) is 0 Å². The minimum atomic E-state index is -0.0937. The molecule has 0 aromatic carbocycles. The summed E-state index contributed by atoms with van der Waals surface area (Å²) < 4.78 is 11.8. The van der Waals surface area contributed by atoms with E-state index in [-0.39, 0.29) is 5.41 Å². The zero-order chi connectivity index (χ0) is 7.45. The molecule has 0 amide bonds. The van der Waals surface area contributed by atoms with Crippen molar-refractivity contribution in [1.29, 1.82) is 0 Å². The number of hydrogen-bond acceptors (Lipinski definition) is 0. The molecule has 0 N–H and O–H groups in total. The lowest BCUT2D eigenvalue weighted by atomic mass is 9.84. The third kappa shape index (κ3) is 1.56. The second-order valence-corrected chi connectivity index (χ2v) is 2.79. The van der Waals surface area contributed by atoms with Crippen LogP contribution in [0.15, 0.2) is 36.7 Å². The van der Waals surface area contributed by atoms with Gasteiger partial charge in [-0.05, 0) is 12.5 Å². The van der Waals surface area contributed by atoms with Crippen LogP contribution >= 0.6 is 0 Å². The van der Waals surface area contributed by atoms with Gasteiger partial charge in [-0.3, -0.25) is 0 Å². The first kappa shape index (κ1) is 7.26. The summed E-state index contributed by atoms with van der Waals surface area (Å²) in [5.41, 5.74) is -0.0937. The molecular formula is C9H11F. The molecule has 54 valence electrons. The molecular weight excluding hydrogens is 127 g/mol. The van der Waals surface area contributed by atoms with E-state index in [0.717, 1.165) is 6.42 Å². The molecule has 0 radical (unpaired) electrons. The van der Waals surface area contributed by atoms with Crippen LogP contribution in [-0.2, 0) is 0 Å². The highest BCUT2D eigenvalue weighted by Crippen LogP contribution is 2.28. The first-order valence-corrected chi connectivity index (χ1v) is 3.39. The van der Waals surface area contributed by atoms with Crippen molar-refractivity contribution in [2.75, 3.05) is 0 Å². The van der Waals surface area contributed by atoms with E-state index in [2.05, 4.69) is 0 Å². The number of halogens is 1. The van der Waals surface area contributed by atoms with Crippen LogP contribution in [0.3, 0.4) is 0 Å². The van der Waals surface area contributed by atoms with Gasteiger partial charge in [-0.15, -0.1) is 0 Å². The summed E-state index contributed by atoms with van der Waals surface area (Å²) in [5, 5.41) is 0. The highest BCUT2D eigenvalue weighted by Gasteiger charge is 2.16. The highest BCUT2D eigenvalue weighted by molar-refractivity contribution is 5.20. The Morgan fingerprint density at radius 3 is 2.80 bits per heavy atom. The van der Waals surface area contributed by atoms with Crippen LogP contribution in [0.4, 0.5) is 4.39 Å². The van der Waals surface area contributed by atoms with Gasteiger partial charge in [0.05, 0.1) is 6.33 Å². The SMILES string of the molecule is CC1(C=CF)C=CC=CC1. The van der Waals surface area contributed by atoms with Gasteiger partial charge in [0.2, 0.25) is 0 Å². The van der Waals surface area contributed by atoms with Crippen LogP contribution in [0.25, 0.3) is 0 Å². The van der Waals surface area contributed by atoms with E-state index in [1.807, 2.05) is 31.2 Å². The predicted octanol–water partition coefficient (Wildman–Crippen LogP) is 2.99. The van der Waals surface area contributed by atoms with Crippen molar-refractivity contribution in [3.63, 3.8) is 0 Å². The van der Waals surface area contributed by atoms with E-state index < -0.39 is 0 Å². The number of rotatable bonds is 1. The molecule has 1 atom stereocenters. The highest BCUT2D eigenvalue weighted by atomic mass is 19.1. The van der Waals surface area contributed by atoms with Crippen LogP contribution in [-0.4, -0.2) is 0 Å². The van der Waals surface area contributed by atoms with Crippen LogP contribution in [0.2, 0.25) is 0 Å². The maximum Gasteiger partial charge on any atom is 0.0835 e. The summed E-state index contributed by atoms with van der Waals surface area (Å²) in [6, 6.07) is 0. The Bertz CT molecular complexity index is 189. The Balaban J connectivity index is 2.70. The van der Waals surface area contributed by atoms with Crippen molar-refractivity contribution in [2.45, 2.75) is 13.3 Å². The molecule has 0 aromatic rings. The zero-order valence-corrected chi connectivity index (χ0v) is 6.05. The van der Waals surface area contributed by atoms with Crippen molar-refractivity contribution < 1.29 is 4.39 Å². The molecule has 0 spiro atoms. The molecule has 1 rings (SSSR count). The maximum atomic E-state index is 11.8. The molecule has 0 heterocycles. The van der Waals surface area contributed by atoms with E-state index in [9.17, 15) is 4.39 Å². The minimum Gasteiger partial charge on any atom is -0.216 e. The fourth-order valence-corrected chi connectivity index (χ4v) is 1.01. The third-order valence-electron chi connectivity index (χ3n) is 1.73. The summed E-state index contributed by atoms with van der Waals surface area (Å²) in [7, 11) is 0. The molecule has 1 unspecified atom stereocenters. The smallest absolute Gasteiger partial charge is 0.0835 e. The fourth-order valence-electron chi connectivity index (χ4n) is 1.01. The predicted molar refractivity (Wildman–Crippen MR) is 41.3 cm³/mol. The lowest BCUT2D eigenvalue weighted by Gasteiger charge is -2.20. The summed E-state index contributed by atoms with van der Waals surface area (Å²) in [5.74, 6) is 0. The van der Waals surface area contributed by atoms with Gasteiger partial charge < -0.3 is 0 Å². The molecule has 0 saturated carbocycles. The molecule has 0 saturated heterocycles. The van der Waals surface area contributed by atoms with E-state index in [0.29, 0.717) is 6.33 Å². The maximum absolute atomic E-state index is 11.8.